The Hall–Kier alpha value is -1.39. The second-order valence-corrected chi connectivity index (χ2v) is 4.31. The molecule has 0 aliphatic rings. The van der Waals surface area contributed by atoms with E-state index in [1.807, 2.05) is 0 Å². The number of nitrogens with one attached hydrogen (secondary N) is 1. The fourth-order valence-corrected chi connectivity index (χ4v) is 2.09. The molecule has 2 rings (SSSR count). The Morgan fingerprint density at radius 3 is 2.28 bits per heavy atom. The van der Waals surface area contributed by atoms with Crippen molar-refractivity contribution in [1.29, 1.82) is 0 Å². The molecule has 2 aromatic rings. The Bertz CT molecular complexity index is 583. The van der Waals surface area contributed by atoms with Gasteiger partial charge in [-0.15, -0.1) is 0 Å². The van der Waals surface area contributed by atoms with Gasteiger partial charge >= 0.3 is 0 Å². The third kappa shape index (κ3) is 2.26. The minimum absolute atomic E-state index is 0.0148. The van der Waals surface area contributed by atoms with Gasteiger partial charge in [0.25, 0.3) is 0 Å². The Labute approximate surface area is 113 Å². The van der Waals surface area contributed by atoms with Gasteiger partial charge in [-0.25, -0.2) is 13.8 Å². The number of hydrogen-bond acceptors (Lipinski definition) is 2. The SMILES string of the molecule is CNc1nc(-c2c(F)cccc2F)c(Cl)cc1Cl. The summed E-state index contributed by atoms with van der Waals surface area (Å²) in [6.07, 6.45) is 0. The third-order valence-electron chi connectivity index (χ3n) is 2.37. The molecule has 18 heavy (non-hydrogen) atoms. The average molecular weight is 289 g/mol. The zero-order valence-corrected chi connectivity index (χ0v) is 10.8. The summed E-state index contributed by atoms with van der Waals surface area (Å²) in [6, 6.07) is 4.95. The molecular weight excluding hydrogens is 281 g/mol. The summed E-state index contributed by atoms with van der Waals surface area (Å²) >= 11 is 11.8. The fourth-order valence-electron chi connectivity index (χ4n) is 1.54. The molecule has 0 saturated heterocycles. The molecule has 0 unspecified atom stereocenters. The van der Waals surface area contributed by atoms with Crippen LogP contribution >= 0.6 is 23.2 Å². The van der Waals surface area contributed by atoms with Gasteiger partial charge in [0.05, 0.1) is 21.3 Å². The largest absolute Gasteiger partial charge is 0.372 e. The van der Waals surface area contributed by atoms with Crippen molar-refractivity contribution in [3.8, 4) is 11.3 Å². The predicted octanol–water partition coefficient (Wildman–Crippen LogP) is 4.38. The van der Waals surface area contributed by atoms with Crippen LogP contribution in [0.15, 0.2) is 24.3 Å². The molecule has 1 N–H and O–H groups in total. The molecule has 1 heterocycles. The first kappa shape index (κ1) is 13.1. The molecule has 0 aliphatic carbocycles. The molecule has 0 aliphatic heterocycles. The van der Waals surface area contributed by atoms with Crippen LogP contribution in [0, 0.1) is 11.6 Å². The van der Waals surface area contributed by atoms with E-state index < -0.39 is 11.6 Å². The number of rotatable bonds is 2. The van der Waals surface area contributed by atoms with E-state index in [4.69, 9.17) is 23.2 Å². The van der Waals surface area contributed by atoms with E-state index >= 15 is 0 Å². The van der Waals surface area contributed by atoms with Crippen LogP contribution in [-0.2, 0) is 0 Å². The third-order valence-corrected chi connectivity index (χ3v) is 2.94. The Kier molecular flexibility index (Phi) is 3.68. The molecular formula is C12H8Cl2F2N2. The molecule has 0 saturated carbocycles. The molecule has 0 amide bonds. The van der Waals surface area contributed by atoms with Crippen LogP contribution in [0.25, 0.3) is 11.3 Å². The number of nitrogens with zero attached hydrogens (tertiary/aromatic N) is 1. The zero-order valence-electron chi connectivity index (χ0n) is 9.27. The predicted molar refractivity (Wildman–Crippen MR) is 69.2 cm³/mol. The molecule has 2 nitrogen and oxygen atoms in total. The molecule has 1 aromatic heterocycles. The quantitative estimate of drug-likeness (QED) is 0.887. The van der Waals surface area contributed by atoms with Crippen molar-refractivity contribution in [3.63, 3.8) is 0 Å². The highest BCUT2D eigenvalue weighted by atomic mass is 35.5. The highest BCUT2D eigenvalue weighted by Gasteiger charge is 2.17. The monoisotopic (exact) mass is 288 g/mol. The lowest BCUT2D eigenvalue weighted by Crippen LogP contribution is -1.99. The average Bonchev–Trinajstić information content (AvgIpc) is 2.31. The molecule has 0 spiro atoms. The van der Waals surface area contributed by atoms with Crippen molar-refractivity contribution in [3.05, 3.63) is 45.9 Å². The van der Waals surface area contributed by atoms with E-state index in [-0.39, 0.29) is 21.3 Å². The van der Waals surface area contributed by atoms with E-state index in [1.165, 1.54) is 12.1 Å². The van der Waals surface area contributed by atoms with Gasteiger partial charge < -0.3 is 5.32 Å². The smallest absolute Gasteiger partial charge is 0.145 e. The standard InChI is InChI=1S/C12H8Cl2F2N2/c1-17-12-7(14)5-6(13)11(18-12)10-8(15)3-2-4-9(10)16/h2-5H,1H3,(H,17,18). The first-order valence-corrected chi connectivity index (χ1v) is 5.78. The summed E-state index contributed by atoms with van der Waals surface area (Å²) in [5.74, 6) is -1.15. The highest BCUT2D eigenvalue weighted by molar-refractivity contribution is 6.37. The summed E-state index contributed by atoms with van der Waals surface area (Å²) in [7, 11) is 1.60. The van der Waals surface area contributed by atoms with Gasteiger partial charge in [-0.3, -0.25) is 0 Å². The van der Waals surface area contributed by atoms with Gasteiger partial charge in [-0.1, -0.05) is 29.3 Å². The van der Waals surface area contributed by atoms with Gasteiger partial charge in [0, 0.05) is 7.05 Å². The normalized spacial score (nSPS) is 10.5. The van der Waals surface area contributed by atoms with Crippen molar-refractivity contribution in [2.24, 2.45) is 0 Å². The van der Waals surface area contributed by atoms with Crippen LogP contribution in [-0.4, -0.2) is 12.0 Å². The summed E-state index contributed by atoms with van der Waals surface area (Å²) in [5, 5.41) is 3.09. The van der Waals surface area contributed by atoms with E-state index in [1.54, 1.807) is 7.05 Å². The Balaban J connectivity index is 2.71. The van der Waals surface area contributed by atoms with Crippen LogP contribution in [0.3, 0.4) is 0 Å². The van der Waals surface area contributed by atoms with Crippen LogP contribution in [0.5, 0.6) is 0 Å². The first-order valence-electron chi connectivity index (χ1n) is 5.02. The number of anilines is 1. The van der Waals surface area contributed by atoms with Crippen LogP contribution < -0.4 is 5.32 Å². The summed E-state index contributed by atoms with van der Waals surface area (Å²) in [5.41, 5.74) is -0.253. The molecule has 1 aromatic carbocycles. The van der Waals surface area contributed by atoms with Crippen LogP contribution in [0.1, 0.15) is 0 Å². The summed E-state index contributed by atoms with van der Waals surface area (Å²) < 4.78 is 27.3. The minimum Gasteiger partial charge on any atom is -0.372 e. The van der Waals surface area contributed by atoms with E-state index in [0.717, 1.165) is 12.1 Å². The van der Waals surface area contributed by atoms with Gasteiger partial charge in [-0.05, 0) is 18.2 Å². The van der Waals surface area contributed by atoms with E-state index in [9.17, 15) is 8.78 Å². The topological polar surface area (TPSA) is 24.9 Å². The minimum atomic E-state index is -0.728. The maximum atomic E-state index is 13.7. The number of hydrogen-bond donors (Lipinski definition) is 1. The van der Waals surface area contributed by atoms with Gasteiger partial charge in [-0.2, -0.15) is 0 Å². The van der Waals surface area contributed by atoms with Crippen LogP contribution in [0.4, 0.5) is 14.6 Å². The molecule has 0 atom stereocenters. The van der Waals surface area contributed by atoms with Gasteiger partial charge in [0.15, 0.2) is 0 Å². The van der Waals surface area contributed by atoms with Crippen molar-refractivity contribution in [1.82, 2.24) is 4.98 Å². The van der Waals surface area contributed by atoms with Crippen molar-refractivity contribution < 1.29 is 8.78 Å². The second-order valence-electron chi connectivity index (χ2n) is 3.50. The Morgan fingerprint density at radius 1 is 1.11 bits per heavy atom. The van der Waals surface area contributed by atoms with E-state index in [2.05, 4.69) is 10.3 Å². The molecule has 0 radical (unpaired) electrons. The molecule has 0 bridgehead atoms. The second kappa shape index (κ2) is 5.08. The van der Waals surface area contributed by atoms with E-state index in [0.29, 0.717) is 5.82 Å². The number of halogens is 4. The first-order chi connectivity index (χ1) is 8.54. The highest BCUT2D eigenvalue weighted by Crippen LogP contribution is 2.34. The van der Waals surface area contributed by atoms with Gasteiger partial charge in [0.1, 0.15) is 17.5 Å². The maximum absolute atomic E-state index is 13.7. The lowest BCUT2D eigenvalue weighted by Gasteiger charge is -2.10. The molecule has 0 fully saturated rings. The van der Waals surface area contributed by atoms with Crippen LogP contribution in [0.2, 0.25) is 10.0 Å². The van der Waals surface area contributed by atoms with Crippen molar-refractivity contribution >= 4 is 29.0 Å². The Morgan fingerprint density at radius 2 is 1.72 bits per heavy atom. The fraction of sp³-hybridized carbons (Fsp3) is 0.0833. The number of pyridine rings is 1. The summed E-state index contributed by atoms with van der Waals surface area (Å²) in [6.45, 7) is 0. The van der Waals surface area contributed by atoms with Crippen molar-refractivity contribution in [2.45, 2.75) is 0 Å². The lowest BCUT2D eigenvalue weighted by molar-refractivity contribution is 0.588. The zero-order chi connectivity index (χ0) is 13.3. The summed E-state index contributed by atoms with van der Waals surface area (Å²) in [4.78, 5) is 4.03. The lowest BCUT2D eigenvalue weighted by atomic mass is 10.1. The van der Waals surface area contributed by atoms with Crippen molar-refractivity contribution in [2.75, 3.05) is 12.4 Å². The molecule has 6 heteroatoms. The number of aromatic nitrogens is 1. The number of benzene rings is 1. The maximum Gasteiger partial charge on any atom is 0.145 e. The molecule has 94 valence electrons. The van der Waals surface area contributed by atoms with Gasteiger partial charge in [0.2, 0.25) is 0 Å².